The van der Waals surface area contributed by atoms with E-state index in [4.69, 9.17) is 9.84 Å². The fourth-order valence-electron chi connectivity index (χ4n) is 2.22. The van der Waals surface area contributed by atoms with Gasteiger partial charge in [-0.1, -0.05) is 12.1 Å². The number of benzene rings is 1. The average molecular weight is 309 g/mol. The van der Waals surface area contributed by atoms with Gasteiger partial charge in [-0.05, 0) is 30.5 Å². The molecule has 0 bridgehead atoms. The second-order valence-corrected chi connectivity index (χ2v) is 5.96. The predicted molar refractivity (Wildman–Crippen MR) is 82.5 cm³/mol. The number of carboxylic acids is 1. The number of hydrogen-bond acceptors (Lipinski definition) is 4. The first-order valence-corrected chi connectivity index (χ1v) is 8.09. The Bertz CT molecular complexity index is 500. The number of ether oxygens (including phenoxy) is 1. The molecule has 1 aliphatic rings. The third-order valence-corrected chi connectivity index (χ3v) is 4.13. The van der Waals surface area contributed by atoms with Crippen LogP contribution < -0.4 is 5.32 Å². The molecule has 1 aromatic rings. The third-order valence-electron chi connectivity index (χ3n) is 3.14. The summed E-state index contributed by atoms with van der Waals surface area (Å²) in [7, 11) is 0. The number of nitrogens with one attached hydrogen (secondary N) is 1. The maximum Gasteiger partial charge on any atom is 0.313 e. The molecule has 2 rings (SSSR count). The molecule has 0 spiro atoms. The average Bonchev–Trinajstić information content (AvgIpc) is 2.91. The summed E-state index contributed by atoms with van der Waals surface area (Å²) >= 11 is 1.34. The Hall–Kier alpha value is -1.53. The van der Waals surface area contributed by atoms with E-state index in [9.17, 15) is 9.59 Å². The van der Waals surface area contributed by atoms with Gasteiger partial charge in [-0.3, -0.25) is 9.59 Å². The van der Waals surface area contributed by atoms with Crippen LogP contribution in [0.2, 0.25) is 0 Å². The predicted octanol–water partition coefficient (Wildman–Crippen LogP) is 2.51. The third kappa shape index (κ3) is 5.77. The van der Waals surface area contributed by atoms with Crippen molar-refractivity contribution < 1.29 is 19.4 Å². The SMILES string of the molecule is O=C(O)CSCc1cccc(NC(=O)CC2CCCO2)c1. The van der Waals surface area contributed by atoms with Crippen molar-refractivity contribution in [2.75, 3.05) is 17.7 Å². The van der Waals surface area contributed by atoms with Gasteiger partial charge in [-0.2, -0.15) is 0 Å². The summed E-state index contributed by atoms with van der Waals surface area (Å²) in [6.07, 6.45) is 2.39. The number of hydrogen-bond donors (Lipinski definition) is 2. The van der Waals surface area contributed by atoms with Crippen LogP contribution in [0.25, 0.3) is 0 Å². The van der Waals surface area contributed by atoms with Crippen molar-refractivity contribution in [1.82, 2.24) is 0 Å². The Morgan fingerprint density at radius 3 is 3.00 bits per heavy atom. The number of carboxylic acid groups (broad SMARTS) is 1. The first-order valence-electron chi connectivity index (χ1n) is 6.93. The van der Waals surface area contributed by atoms with E-state index in [2.05, 4.69) is 5.32 Å². The molecule has 0 aliphatic carbocycles. The molecule has 5 nitrogen and oxygen atoms in total. The standard InChI is InChI=1S/C15H19NO4S/c17-14(8-13-5-2-6-20-13)16-12-4-1-3-11(7-12)9-21-10-15(18)19/h1,3-4,7,13H,2,5-6,8-10H2,(H,16,17)(H,18,19). The number of thioether (sulfide) groups is 1. The quantitative estimate of drug-likeness (QED) is 0.809. The highest BCUT2D eigenvalue weighted by atomic mass is 32.2. The zero-order valence-electron chi connectivity index (χ0n) is 11.7. The summed E-state index contributed by atoms with van der Waals surface area (Å²) in [5, 5.41) is 11.5. The second kappa shape index (κ2) is 8.05. The maximum atomic E-state index is 11.9. The molecular formula is C15H19NO4S. The number of rotatable bonds is 7. The minimum Gasteiger partial charge on any atom is -0.481 e. The van der Waals surface area contributed by atoms with Crippen molar-refractivity contribution in [3.8, 4) is 0 Å². The van der Waals surface area contributed by atoms with Crippen LogP contribution >= 0.6 is 11.8 Å². The van der Waals surface area contributed by atoms with Gasteiger partial charge in [0, 0.05) is 18.0 Å². The zero-order chi connectivity index (χ0) is 15.1. The summed E-state index contributed by atoms with van der Waals surface area (Å²) in [5.74, 6) is -0.171. The van der Waals surface area contributed by atoms with Gasteiger partial charge in [0.05, 0.1) is 18.3 Å². The largest absolute Gasteiger partial charge is 0.481 e. The van der Waals surface area contributed by atoms with E-state index in [0.717, 1.165) is 30.7 Å². The van der Waals surface area contributed by atoms with E-state index in [1.165, 1.54) is 11.8 Å². The van der Waals surface area contributed by atoms with E-state index >= 15 is 0 Å². The molecule has 6 heteroatoms. The molecule has 1 saturated heterocycles. The number of anilines is 1. The zero-order valence-corrected chi connectivity index (χ0v) is 12.5. The Balaban J connectivity index is 1.82. The van der Waals surface area contributed by atoms with E-state index < -0.39 is 5.97 Å². The molecule has 1 fully saturated rings. The van der Waals surface area contributed by atoms with Crippen LogP contribution in [0.15, 0.2) is 24.3 Å². The summed E-state index contributed by atoms with van der Waals surface area (Å²) in [6, 6.07) is 7.49. The van der Waals surface area contributed by atoms with Crippen LogP contribution in [-0.4, -0.2) is 35.4 Å². The number of aliphatic carboxylic acids is 1. The molecule has 2 N–H and O–H groups in total. The van der Waals surface area contributed by atoms with Crippen molar-refractivity contribution in [2.24, 2.45) is 0 Å². The Morgan fingerprint density at radius 2 is 2.29 bits per heavy atom. The lowest BCUT2D eigenvalue weighted by atomic mass is 10.1. The smallest absolute Gasteiger partial charge is 0.313 e. The van der Waals surface area contributed by atoms with Gasteiger partial charge in [0.2, 0.25) is 5.91 Å². The lowest BCUT2D eigenvalue weighted by molar-refractivity contribution is -0.133. The van der Waals surface area contributed by atoms with Crippen LogP contribution in [0.4, 0.5) is 5.69 Å². The molecule has 1 atom stereocenters. The van der Waals surface area contributed by atoms with Gasteiger partial charge < -0.3 is 15.2 Å². The highest BCUT2D eigenvalue weighted by Crippen LogP contribution is 2.19. The van der Waals surface area contributed by atoms with E-state index in [-0.39, 0.29) is 17.8 Å². The van der Waals surface area contributed by atoms with E-state index in [0.29, 0.717) is 12.2 Å². The van der Waals surface area contributed by atoms with E-state index in [1.807, 2.05) is 24.3 Å². The van der Waals surface area contributed by atoms with Crippen molar-refractivity contribution in [1.29, 1.82) is 0 Å². The minimum atomic E-state index is -0.818. The molecule has 0 saturated carbocycles. The van der Waals surface area contributed by atoms with Gasteiger partial charge in [0.15, 0.2) is 0 Å². The van der Waals surface area contributed by atoms with Gasteiger partial charge in [-0.25, -0.2) is 0 Å². The summed E-state index contributed by atoms with van der Waals surface area (Å²) in [6.45, 7) is 0.744. The van der Waals surface area contributed by atoms with Gasteiger partial charge in [-0.15, -0.1) is 11.8 Å². The lowest BCUT2D eigenvalue weighted by Gasteiger charge is -2.10. The fourth-order valence-corrected chi connectivity index (χ4v) is 2.91. The van der Waals surface area contributed by atoms with Crippen LogP contribution in [0.5, 0.6) is 0 Å². The number of carbonyl (C=O) groups excluding carboxylic acids is 1. The first kappa shape index (κ1) is 15.9. The monoisotopic (exact) mass is 309 g/mol. The maximum absolute atomic E-state index is 11.9. The Labute approximate surface area is 128 Å². The fraction of sp³-hybridized carbons (Fsp3) is 0.467. The topological polar surface area (TPSA) is 75.6 Å². The van der Waals surface area contributed by atoms with Gasteiger partial charge in [0.25, 0.3) is 0 Å². The molecular weight excluding hydrogens is 290 g/mol. The number of carbonyl (C=O) groups is 2. The number of amides is 1. The highest BCUT2D eigenvalue weighted by Gasteiger charge is 2.19. The van der Waals surface area contributed by atoms with Crippen LogP contribution in [0.3, 0.4) is 0 Å². The normalized spacial score (nSPS) is 17.6. The summed E-state index contributed by atoms with van der Waals surface area (Å²) in [5.41, 5.74) is 1.74. The molecule has 0 aromatic heterocycles. The molecule has 1 aliphatic heterocycles. The van der Waals surface area contributed by atoms with Crippen LogP contribution in [-0.2, 0) is 20.1 Å². The molecule has 1 aromatic carbocycles. The van der Waals surface area contributed by atoms with Crippen LogP contribution in [0.1, 0.15) is 24.8 Å². The molecule has 114 valence electrons. The summed E-state index contributed by atoms with van der Waals surface area (Å²) < 4.78 is 5.44. The molecule has 21 heavy (non-hydrogen) atoms. The van der Waals surface area contributed by atoms with Crippen molar-refractivity contribution in [2.45, 2.75) is 31.1 Å². The second-order valence-electron chi connectivity index (χ2n) is 4.97. The van der Waals surface area contributed by atoms with Crippen molar-refractivity contribution in [3.63, 3.8) is 0 Å². The molecule has 1 unspecified atom stereocenters. The molecule has 1 amide bonds. The first-order chi connectivity index (χ1) is 10.1. The summed E-state index contributed by atoms with van der Waals surface area (Å²) in [4.78, 5) is 22.4. The van der Waals surface area contributed by atoms with Crippen LogP contribution in [0, 0.1) is 0 Å². The van der Waals surface area contributed by atoms with Crippen molar-refractivity contribution in [3.05, 3.63) is 29.8 Å². The lowest BCUT2D eigenvalue weighted by Crippen LogP contribution is -2.19. The Morgan fingerprint density at radius 1 is 1.43 bits per heavy atom. The highest BCUT2D eigenvalue weighted by molar-refractivity contribution is 7.99. The Kier molecular flexibility index (Phi) is 6.07. The molecule has 0 radical (unpaired) electrons. The molecule has 1 heterocycles. The van der Waals surface area contributed by atoms with Gasteiger partial charge in [0.1, 0.15) is 0 Å². The van der Waals surface area contributed by atoms with Gasteiger partial charge >= 0.3 is 5.97 Å². The minimum absolute atomic E-state index is 0.0410. The van der Waals surface area contributed by atoms with E-state index in [1.54, 1.807) is 0 Å². The van der Waals surface area contributed by atoms with Crippen molar-refractivity contribution >= 4 is 29.3 Å².